The number of ether oxygens (including phenoxy) is 3. The maximum absolute atomic E-state index is 10.4. The van der Waals surface area contributed by atoms with E-state index in [9.17, 15) is 15.3 Å². The lowest BCUT2D eigenvalue weighted by Crippen LogP contribution is -2.28. The number of phenols is 2. The van der Waals surface area contributed by atoms with Gasteiger partial charge in [-0.05, 0) is 35.4 Å². The summed E-state index contributed by atoms with van der Waals surface area (Å²) in [7, 11) is 3.06. The minimum Gasteiger partial charge on any atom is -0.508 e. The van der Waals surface area contributed by atoms with Gasteiger partial charge < -0.3 is 29.5 Å². The Morgan fingerprint density at radius 3 is 2.44 bits per heavy atom. The maximum atomic E-state index is 10.4. The van der Waals surface area contributed by atoms with Crippen molar-refractivity contribution in [2.75, 3.05) is 20.8 Å². The van der Waals surface area contributed by atoms with Crippen molar-refractivity contribution < 1.29 is 29.5 Å². The van der Waals surface area contributed by atoms with E-state index in [0.29, 0.717) is 5.75 Å². The normalized spacial score (nSPS) is 24.2. The number of methoxy groups -OCH3 is 2. The number of aliphatic hydroxyl groups excluding tert-OH is 1. The Kier molecular flexibility index (Phi) is 5.13. The zero-order chi connectivity index (χ0) is 18.0. The van der Waals surface area contributed by atoms with Gasteiger partial charge in [0.2, 0.25) is 0 Å². The zero-order valence-corrected chi connectivity index (χ0v) is 14.1. The Morgan fingerprint density at radius 1 is 1.08 bits per heavy atom. The molecule has 4 atom stereocenters. The molecule has 0 aliphatic carbocycles. The Balaban J connectivity index is 1.94. The fourth-order valence-electron chi connectivity index (χ4n) is 3.35. The Hall–Kier alpha value is -2.28. The van der Waals surface area contributed by atoms with Gasteiger partial charge in [-0.2, -0.15) is 0 Å². The number of benzene rings is 2. The van der Waals surface area contributed by atoms with E-state index < -0.39 is 18.3 Å². The van der Waals surface area contributed by atoms with Gasteiger partial charge in [0.15, 0.2) is 11.5 Å². The fraction of sp³-hybridized carbons (Fsp3) is 0.368. The molecular weight excluding hydrogens is 324 g/mol. The van der Waals surface area contributed by atoms with E-state index in [0.717, 1.165) is 11.1 Å². The molecule has 1 fully saturated rings. The zero-order valence-electron chi connectivity index (χ0n) is 14.1. The Morgan fingerprint density at radius 2 is 1.80 bits per heavy atom. The first-order valence-electron chi connectivity index (χ1n) is 8.03. The standard InChI is InChI=1S/C19H22O6/c1-23-16-9-12(5-8-14(16)21)18(24-2)19-17(15(22)10-25-19)11-3-6-13(20)7-4-11/h3-9,15,17-22H,10H2,1-2H3. The van der Waals surface area contributed by atoms with Crippen LogP contribution in [0, 0.1) is 0 Å². The van der Waals surface area contributed by atoms with Crippen LogP contribution in [0.25, 0.3) is 0 Å². The highest BCUT2D eigenvalue weighted by Crippen LogP contribution is 2.41. The van der Waals surface area contributed by atoms with E-state index in [1.807, 2.05) is 0 Å². The average Bonchev–Trinajstić information content (AvgIpc) is 2.99. The van der Waals surface area contributed by atoms with Gasteiger partial charge >= 0.3 is 0 Å². The number of aliphatic hydroxyl groups is 1. The van der Waals surface area contributed by atoms with Crippen LogP contribution in [-0.4, -0.2) is 48.4 Å². The molecule has 4 unspecified atom stereocenters. The van der Waals surface area contributed by atoms with E-state index in [4.69, 9.17) is 14.2 Å². The summed E-state index contributed by atoms with van der Waals surface area (Å²) in [6, 6.07) is 11.7. The summed E-state index contributed by atoms with van der Waals surface area (Å²) in [4.78, 5) is 0. The molecule has 0 saturated carbocycles. The summed E-state index contributed by atoms with van der Waals surface area (Å²) in [5.74, 6) is 0.258. The number of aromatic hydroxyl groups is 2. The molecule has 134 valence electrons. The highest BCUT2D eigenvalue weighted by atomic mass is 16.5. The van der Waals surface area contributed by atoms with Crippen LogP contribution >= 0.6 is 0 Å². The highest BCUT2D eigenvalue weighted by molar-refractivity contribution is 5.43. The highest BCUT2D eigenvalue weighted by Gasteiger charge is 2.42. The first kappa shape index (κ1) is 17.5. The van der Waals surface area contributed by atoms with Gasteiger partial charge in [-0.3, -0.25) is 0 Å². The molecule has 1 saturated heterocycles. The Labute approximate surface area is 146 Å². The van der Waals surface area contributed by atoms with Crippen molar-refractivity contribution in [3.05, 3.63) is 53.6 Å². The molecule has 0 bridgehead atoms. The second-order valence-electron chi connectivity index (χ2n) is 6.07. The lowest BCUT2D eigenvalue weighted by molar-refractivity contribution is -0.0346. The number of rotatable bonds is 5. The van der Waals surface area contributed by atoms with Crippen molar-refractivity contribution in [3.8, 4) is 17.2 Å². The van der Waals surface area contributed by atoms with Crippen molar-refractivity contribution in [1.29, 1.82) is 0 Å². The monoisotopic (exact) mass is 346 g/mol. The lowest BCUT2D eigenvalue weighted by Gasteiger charge is -2.28. The summed E-state index contributed by atoms with van der Waals surface area (Å²) in [6.45, 7) is 0.200. The van der Waals surface area contributed by atoms with Gasteiger partial charge in [-0.1, -0.05) is 18.2 Å². The SMILES string of the molecule is COc1cc(C(OC)C2OCC(O)C2c2ccc(O)cc2)ccc1O. The minimum absolute atomic E-state index is 0.0450. The van der Waals surface area contributed by atoms with Crippen LogP contribution in [-0.2, 0) is 9.47 Å². The van der Waals surface area contributed by atoms with Gasteiger partial charge in [0.1, 0.15) is 11.9 Å². The molecule has 1 aliphatic heterocycles. The number of hydrogen-bond donors (Lipinski definition) is 3. The third-order valence-electron chi connectivity index (χ3n) is 4.59. The fourth-order valence-corrected chi connectivity index (χ4v) is 3.35. The lowest BCUT2D eigenvalue weighted by atomic mass is 9.86. The molecule has 0 spiro atoms. The van der Waals surface area contributed by atoms with Crippen LogP contribution < -0.4 is 4.74 Å². The van der Waals surface area contributed by atoms with E-state index in [2.05, 4.69) is 0 Å². The predicted molar refractivity (Wildman–Crippen MR) is 91.0 cm³/mol. The predicted octanol–water partition coefficient (Wildman–Crippen LogP) is 2.34. The molecule has 1 heterocycles. The third kappa shape index (κ3) is 3.42. The molecule has 0 aromatic heterocycles. The smallest absolute Gasteiger partial charge is 0.160 e. The van der Waals surface area contributed by atoms with E-state index in [-0.39, 0.29) is 24.0 Å². The quantitative estimate of drug-likeness (QED) is 0.770. The van der Waals surface area contributed by atoms with Gasteiger partial charge in [0, 0.05) is 13.0 Å². The molecule has 0 radical (unpaired) electrons. The molecule has 0 amide bonds. The molecule has 1 aliphatic rings. The van der Waals surface area contributed by atoms with Crippen molar-refractivity contribution in [1.82, 2.24) is 0 Å². The Bertz CT molecular complexity index is 714. The molecular formula is C19H22O6. The van der Waals surface area contributed by atoms with Crippen LogP contribution in [0.5, 0.6) is 17.2 Å². The average molecular weight is 346 g/mol. The molecule has 3 rings (SSSR count). The summed E-state index contributed by atoms with van der Waals surface area (Å²) < 4.78 is 16.7. The van der Waals surface area contributed by atoms with Crippen molar-refractivity contribution in [2.24, 2.45) is 0 Å². The number of hydrogen-bond acceptors (Lipinski definition) is 6. The summed E-state index contributed by atoms with van der Waals surface area (Å²) in [6.07, 6.45) is -1.55. The van der Waals surface area contributed by atoms with Crippen LogP contribution in [0.2, 0.25) is 0 Å². The second kappa shape index (κ2) is 7.31. The molecule has 6 heteroatoms. The van der Waals surface area contributed by atoms with Crippen molar-refractivity contribution in [3.63, 3.8) is 0 Å². The molecule has 25 heavy (non-hydrogen) atoms. The molecule has 2 aromatic carbocycles. The molecule has 3 N–H and O–H groups in total. The minimum atomic E-state index is -0.675. The second-order valence-corrected chi connectivity index (χ2v) is 6.07. The molecule has 2 aromatic rings. The number of phenolic OH excluding ortho intramolecular Hbond substituents is 2. The first-order valence-corrected chi connectivity index (χ1v) is 8.03. The topological polar surface area (TPSA) is 88.4 Å². The van der Waals surface area contributed by atoms with E-state index in [1.54, 1.807) is 49.6 Å². The van der Waals surface area contributed by atoms with Crippen LogP contribution in [0.15, 0.2) is 42.5 Å². The summed E-state index contributed by atoms with van der Waals surface area (Å²) >= 11 is 0. The van der Waals surface area contributed by atoms with Gasteiger partial charge in [0.25, 0.3) is 0 Å². The van der Waals surface area contributed by atoms with Crippen LogP contribution in [0.4, 0.5) is 0 Å². The third-order valence-corrected chi connectivity index (χ3v) is 4.59. The van der Waals surface area contributed by atoms with E-state index >= 15 is 0 Å². The van der Waals surface area contributed by atoms with Crippen molar-refractivity contribution >= 4 is 0 Å². The largest absolute Gasteiger partial charge is 0.508 e. The summed E-state index contributed by atoms with van der Waals surface area (Å²) in [5, 5.41) is 29.7. The van der Waals surface area contributed by atoms with Gasteiger partial charge in [-0.15, -0.1) is 0 Å². The van der Waals surface area contributed by atoms with Crippen LogP contribution in [0.3, 0.4) is 0 Å². The summed E-state index contributed by atoms with van der Waals surface area (Å²) in [5.41, 5.74) is 1.64. The van der Waals surface area contributed by atoms with Crippen LogP contribution in [0.1, 0.15) is 23.1 Å². The van der Waals surface area contributed by atoms with Crippen molar-refractivity contribution in [2.45, 2.75) is 24.2 Å². The first-order chi connectivity index (χ1) is 12.0. The van der Waals surface area contributed by atoms with E-state index in [1.165, 1.54) is 7.11 Å². The van der Waals surface area contributed by atoms with Gasteiger partial charge in [-0.25, -0.2) is 0 Å². The molecule has 6 nitrogen and oxygen atoms in total. The maximum Gasteiger partial charge on any atom is 0.160 e. The van der Waals surface area contributed by atoms with Gasteiger partial charge in [0.05, 0.1) is 25.9 Å².